The molecule has 114 valence electrons. The zero-order valence-electron chi connectivity index (χ0n) is 11.2. The Morgan fingerprint density at radius 3 is 2.32 bits per heavy atom. The second-order valence-corrected chi connectivity index (χ2v) is 5.65. The third kappa shape index (κ3) is 4.37. The summed E-state index contributed by atoms with van der Waals surface area (Å²) in [6, 6.07) is 11.4. The highest BCUT2D eigenvalue weighted by molar-refractivity contribution is 6.35. The molecule has 0 fully saturated rings. The van der Waals surface area contributed by atoms with E-state index in [-0.39, 0.29) is 12.0 Å². The van der Waals surface area contributed by atoms with Crippen molar-refractivity contribution in [2.75, 3.05) is 0 Å². The van der Waals surface area contributed by atoms with E-state index in [0.717, 1.165) is 0 Å². The summed E-state index contributed by atoms with van der Waals surface area (Å²) in [6.45, 7) is 0. The molecule has 0 aliphatic heterocycles. The van der Waals surface area contributed by atoms with Gasteiger partial charge in [0.15, 0.2) is 0 Å². The molecular weight excluding hydrogens is 347 g/mol. The number of amides is 2. The second-order valence-electron chi connectivity index (χ2n) is 4.39. The molecule has 2 N–H and O–H groups in total. The van der Waals surface area contributed by atoms with Gasteiger partial charge in [-0.3, -0.25) is 20.4 Å². The number of carbonyl (C=O) groups excluding carboxylic acids is 2. The third-order valence-electron chi connectivity index (χ3n) is 2.80. The minimum atomic E-state index is -0.499. The predicted molar refractivity (Wildman–Crippen MR) is 87.2 cm³/mol. The molecular formula is C15H11Cl3N2O2. The van der Waals surface area contributed by atoms with Crippen LogP contribution in [0.3, 0.4) is 0 Å². The Morgan fingerprint density at radius 1 is 0.909 bits per heavy atom. The second kappa shape index (κ2) is 7.49. The van der Waals surface area contributed by atoms with Crippen molar-refractivity contribution in [2.45, 2.75) is 6.42 Å². The van der Waals surface area contributed by atoms with Crippen LogP contribution in [0.2, 0.25) is 15.1 Å². The Morgan fingerprint density at radius 2 is 1.64 bits per heavy atom. The highest BCUT2D eigenvalue weighted by atomic mass is 35.5. The van der Waals surface area contributed by atoms with Crippen molar-refractivity contribution in [3.05, 3.63) is 68.7 Å². The number of halogens is 3. The van der Waals surface area contributed by atoms with E-state index in [9.17, 15) is 9.59 Å². The fourth-order valence-corrected chi connectivity index (χ4v) is 2.42. The number of carbonyl (C=O) groups is 2. The average molecular weight is 358 g/mol. The molecule has 2 aromatic rings. The molecule has 0 saturated carbocycles. The van der Waals surface area contributed by atoms with Crippen molar-refractivity contribution in [1.29, 1.82) is 0 Å². The van der Waals surface area contributed by atoms with Crippen molar-refractivity contribution in [1.82, 2.24) is 10.9 Å². The molecule has 22 heavy (non-hydrogen) atoms. The van der Waals surface area contributed by atoms with Crippen LogP contribution in [0.4, 0.5) is 0 Å². The molecule has 0 aliphatic rings. The number of hydrogen-bond donors (Lipinski definition) is 2. The van der Waals surface area contributed by atoms with Crippen LogP contribution < -0.4 is 10.9 Å². The van der Waals surface area contributed by atoms with E-state index in [1.807, 2.05) is 0 Å². The van der Waals surface area contributed by atoms with E-state index in [4.69, 9.17) is 34.8 Å². The molecule has 0 radical (unpaired) electrons. The summed E-state index contributed by atoms with van der Waals surface area (Å²) in [5, 5.41) is 1.18. The third-order valence-corrected chi connectivity index (χ3v) is 3.72. The van der Waals surface area contributed by atoms with Gasteiger partial charge in [0.1, 0.15) is 0 Å². The number of hydrazine groups is 1. The fourth-order valence-electron chi connectivity index (χ4n) is 1.72. The van der Waals surface area contributed by atoms with Crippen LogP contribution in [0.25, 0.3) is 0 Å². The highest BCUT2D eigenvalue weighted by Crippen LogP contribution is 2.21. The van der Waals surface area contributed by atoms with Crippen molar-refractivity contribution in [2.24, 2.45) is 0 Å². The topological polar surface area (TPSA) is 58.2 Å². The summed E-state index contributed by atoms with van der Waals surface area (Å²) in [7, 11) is 0. The van der Waals surface area contributed by atoms with E-state index in [1.165, 1.54) is 0 Å². The quantitative estimate of drug-likeness (QED) is 0.824. The van der Waals surface area contributed by atoms with Crippen LogP contribution >= 0.6 is 34.8 Å². The summed E-state index contributed by atoms with van der Waals surface area (Å²) in [6.07, 6.45) is 0.0127. The number of benzene rings is 2. The Bertz CT molecular complexity index is 720. The lowest BCUT2D eigenvalue weighted by Crippen LogP contribution is -2.42. The van der Waals surface area contributed by atoms with Crippen LogP contribution in [0.5, 0.6) is 0 Å². The standard InChI is InChI=1S/C15H11Cl3N2O2/c16-10-6-5-9(13(18)8-10)7-14(21)19-20-15(22)11-3-1-2-4-12(11)17/h1-6,8H,7H2,(H,19,21)(H,20,22). The molecule has 0 bridgehead atoms. The molecule has 0 atom stereocenters. The molecule has 4 nitrogen and oxygen atoms in total. The van der Waals surface area contributed by atoms with Crippen LogP contribution in [0, 0.1) is 0 Å². The fraction of sp³-hybridized carbons (Fsp3) is 0.0667. The minimum Gasteiger partial charge on any atom is -0.273 e. The van der Waals surface area contributed by atoms with Gasteiger partial charge in [0.25, 0.3) is 5.91 Å². The molecule has 2 rings (SSSR count). The first-order valence-electron chi connectivity index (χ1n) is 6.25. The Kier molecular flexibility index (Phi) is 5.66. The van der Waals surface area contributed by atoms with Crippen molar-refractivity contribution in [3.63, 3.8) is 0 Å². The van der Waals surface area contributed by atoms with E-state index < -0.39 is 11.8 Å². The maximum absolute atomic E-state index is 11.9. The van der Waals surface area contributed by atoms with Crippen LogP contribution in [-0.2, 0) is 11.2 Å². The molecule has 0 aliphatic carbocycles. The van der Waals surface area contributed by atoms with E-state index in [2.05, 4.69) is 10.9 Å². The molecule has 2 amide bonds. The van der Waals surface area contributed by atoms with Gasteiger partial charge in [0.2, 0.25) is 5.91 Å². The Hall–Kier alpha value is -1.75. The molecule has 7 heteroatoms. The molecule has 0 spiro atoms. The van der Waals surface area contributed by atoms with Gasteiger partial charge < -0.3 is 0 Å². The lowest BCUT2D eigenvalue weighted by molar-refractivity contribution is -0.121. The van der Waals surface area contributed by atoms with Gasteiger partial charge >= 0.3 is 0 Å². The smallest absolute Gasteiger partial charge is 0.271 e. The summed E-state index contributed by atoms with van der Waals surface area (Å²) in [5.41, 5.74) is 5.49. The van der Waals surface area contributed by atoms with Crippen LogP contribution in [0.1, 0.15) is 15.9 Å². The highest BCUT2D eigenvalue weighted by Gasteiger charge is 2.12. The van der Waals surface area contributed by atoms with Gasteiger partial charge in [-0.2, -0.15) is 0 Å². The van der Waals surface area contributed by atoms with Gasteiger partial charge in [0.05, 0.1) is 17.0 Å². The van der Waals surface area contributed by atoms with E-state index in [0.29, 0.717) is 20.6 Å². The van der Waals surface area contributed by atoms with Crippen molar-refractivity contribution >= 4 is 46.6 Å². The van der Waals surface area contributed by atoms with Gasteiger partial charge in [-0.05, 0) is 29.8 Å². The first-order valence-corrected chi connectivity index (χ1v) is 7.38. The van der Waals surface area contributed by atoms with Crippen LogP contribution in [0.15, 0.2) is 42.5 Å². The van der Waals surface area contributed by atoms with Crippen molar-refractivity contribution < 1.29 is 9.59 Å². The molecule has 0 aromatic heterocycles. The first kappa shape index (κ1) is 16.6. The monoisotopic (exact) mass is 356 g/mol. The number of nitrogens with one attached hydrogen (secondary N) is 2. The van der Waals surface area contributed by atoms with Crippen molar-refractivity contribution in [3.8, 4) is 0 Å². The molecule has 0 saturated heterocycles. The minimum absolute atomic E-state index is 0.0127. The van der Waals surface area contributed by atoms with Gasteiger partial charge in [-0.25, -0.2) is 0 Å². The largest absolute Gasteiger partial charge is 0.273 e. The molecule has 0 unspecified atom stereocenters. The van der Waals surface area contributed by atoms with Gasteiger partial charge in [-0.1, -0.05) is 53.0 Å². The summed E-state index contributed by atoms with van der Waals surface area (Å²) in [5.74, 6) is -0.911. The normalized spacial score (nSPS) is 10.1. The summed E-state index contributed by atoms with van der Waals surface area (Å²) in [4.78, 5) is 23.7. The van der Waals surface area contributed by atoms with E-state index >= 15 is 0 Å². The Balaban J connectivity index is 1.93. The maximum atomic E-state index is 11.9. The summed E-state index contributed by atoms with van der Waals surface area (Å²) >= 11 is 17.7. The van der Waals surface area contributed by atoms with Gasteiger partial charge in [0, 0.05) is 10.0 Å². The first-order chi connectivity index (χ1) is 10.5. The zero-order chi connectivity index (χ0) is 16.1. The SMILES string of the molecule is O=C(Cc1ccc(Cl)cc1Cl)NNC(=O)c1ccccc1Cl. The van der Waals surface area contributed by atoms with Gasteiger partial charge in [-0.15, -0.1) is 0 Å². The average Bonchev–Trinajstić information content (AvgIpc) is 2.48. The van der Waals surface area contributed by atoms with E-state index in [1.54, 1.807) is 42.5 Å². The van der Waals surface area contributed by atoms with Crippen LogP contribution in [-0.4, -0.2) is 11.8 Å². The molecule has 2 aromatic carbocycles. The maximum Gasteiger partial charge on any atom is 0.271 e. The molecule has 0 heterocycles. The Labute approximate surface area is 142 Å². The lowest BCUT2D eigenvalue weighted by atomic mass is 10.1. The zero-order valence-corrected chi connectivity index (χ0v) is 13.5. The summed E-state index contributed by atoms with van der Waals surface area (Å²) < 4.78 is 0. The lowest BCUT2D eigenvalue weighted by Gasteiger charge is -2.09. The number of hydrogen-bond acceptors (Lipinski definition) is 2. The number of rotatable bonds is 3. The predicted octanol–water partition coefficient (Wildman–Crippen LogP) is 3.65.